The molecule has 7 nitrogen and oxygen atoms in total. The fourth-order valence-electron chi connectivity index (χ4n) is 3.29. The molecule has 0 saturated heterocycles. The van der Waals surface area contributed by atoms with Gasteiger partial charge in [-0.3, -0.25) is 9.78 Å². The van der Waals surface area contributed by atoms with E-state index in [2.05, 4.69) is 27.1 Å². The SMILES string of the molecule is COC[C@H](C)Oc1cc(C#CC2(O)CCCC2)cc(C(=O)Nc2cnc(C)cn2)c1. The summed E-state index contributed by atoms with van der Waals surface area (Å²) in [5.41, 5.74) is 0.776. The van der Waals surface area contributed by atoms with Crippen molar-refractivity contribution in [3.8, 4) is 17.6 Å². The summed E-state index contributed by atoms with van der Waals surface area (Å²) in [7, 11) is 1.60. The molecule has 2 aromatic rings. The second-order valence-corrected chi connectivity index (χ2v) is 7.62. The molecule has 0 aliphatic heterocycles. The Bertz CT molecular complexity index is 941. The summed E-state index contributed by atoms with van der Waals surface area (Å²) in [5.74, 6) is 6.51. The molecule has 2 N–H and O–H groups in total. The molecule has 3 rings (SSSR count). The number of aliphatic hydroxyl groups is 1. The Kier molecular flexibility index (Phi) is 7.03. The first-order valence-electron chi connectivity index (χ1n) is 10.0. The number of hydrogen-bond acceptors (Lipinski definition) is 6. The van der Waals surface area contributed by atoms with Crippen molar-refractivity contribution in [2.75, 3.05) is 19.0 Å². The van der Waals surface area contributed by atoms with Gasteiger partial charge in [-0.2, -0.15) is 0 Å². The number of rotatable bonds is 6. The van der Waals surface area contributed by atoms with E-state index in [1.165, 1.54) is 6.20 Å². The maximum Gasteiger partial charge on any atom is 0.257 e. The number of anilines is 1. The Hall–Kier alpha value is -2.95. The normalized spacial score (nSPS) is 15.7. The third kappa shape index (κ3) is 6.02. The first-order valence-corrected chi connectivity index (χ1v) is 10.0. The summed E-state index contributed by atoms with van der Waals surface area (Å²) in [5, 5.41) is 13.2. The van der Waals surface area contributed by atoms with Gasteiger partial charge in [-0.05, 0) is 57.7 Å². The lowest BCUT2D eigenvalue weighted by atomic mass is 10.0. The summed E-state index contributed by atoms with van der Waals surface area (Å²) in [6.45, 7) is 4.12. The molecule has 0 bridgehead atoms. The van der Waals surface area contributed by atoms with Gasteiger partial charge in [0.2, 0.25) is 0 Å². The number of hydrogen-bond donors (Lipinski definition) is 2. The number of carbonyl (C=O) groups excluding carboxylic acids is 1. The summed E-state index contributed by atoms with van der Waals surface area (Å²) in [6, 6.07) is 5.09. The van der Waals surface area contributed by atoms with Crippen molar-refractivity contribution < 1.29 is 19.4 Å². The van der Waals surface area contributed by atoms with Crippen molar-refractivity contribution in [1.29, 1.82) is 0 Å². The minimum atomic E-state index is -0.958. The fourth-order valence-corrected chi connectivity index (χ4v) is 3.29. The molecule has 1 fully saturated rings. The molecule has 0 radical (unpaired) electrons. The van der Waals surface area contributed by atoms with Gasteiger partial charge < -0.3 is 19.9 Å². The van der Waals surface area contributed by atoms with Gasteiger partial charge in [0.05, 0.1) is 24.7 Å². The van der Waals surface area contributed by atoms with E-state index in [1.54, 1.807) is 31.5 Å². The largest absolute Gasteiger partial charge is 0.488 e. The zero-order chi connectivity index (χ0) is 21.6. The van der Waals surface area contributed by atoms with Crippen molar-refractivity contribution in [3.05, 3.63) is 47.4 Å². The standard InChI is InChI=1S/C23H27N3O4/c1-16-13-25-21(14-24-16)26-22(27)19-10-18(6-9-23(28)7-4-5-8-23)11-20(12-19)30-17(2)15-29-3/h10-14,17,28H,4-5,7-8,15H2,1-3H3,(H,25,26,27)/t17-/m0/s1. The van der Waals surface area contributed by atoms with Crippen molar-refractivity contribution in [1.82, 2.24) is 9.97 Å². The Morgan fingerprint density at radius 1 is 1.27 bits per heavy atom. The van der Waals surface area contributed by atoms with Crippen LogP contribution in [-0.2, 0) is 4.74 Å². The first kappa shape index (κ1) is 21.8. The Morgan fingerprint density at radius 3 is 2.70 bits per heavy atom. The third-order valence-corrected chi connectivity index (χ3v) is 4.80. The zero-order valence-electron chi connectivity index (χ0n) is 17.6. The van der Waals surface area contributed by atoms with E-state index in [-0.39, 0.29) is 12.0 Å². The molecule has 0 unspecified atom stereocenters. The molecule has 1 aromatic heterocycles. The van der Waals surface area contributed by atoms with Gasteiger partial charge in [0.15, 0.2) is 5.82 Å². The summed E-state index contributed by atoms with van der Waals surface area (Å²) in [6.07, 6.45) is 6.16. The van der Waals surface area contributed by atoms with Gasteiger partial charge in [-0.1, -0.05) is 11.8 Å². The zero-order valence-corrected chi connectivity index (χ0v) is 17.6. The van der Waals surface area contributed by atoms with E-state index in [0.717, 1.165) is 18.5 Å². The van der Waals surface area contributed by atoms with Gasteiger partial charge in [0, 0.05) is 18.2 Å². The average molecular weight is 409 g/mol. The van der Waals surface area contributed by atoms with Crippen LogP contribution in [0.4, 0.5) is 5.82 Å². The Morgan fingerprint density at radius 2 is 2.03 bits per heavy atom. The lowest BCUT2D eigenvalue weighted by Crippen LogP contribution is -2.21. The van der Waals surface area contributed by atoms with E-state index < -0.39 is 5.60 Å². The molecule has 1 saturated carbocycles. The molecule has 1 heterocycles. The quantitative estimate of drug-likeness (QED) is 0.712. The van der Waals surface area contributed by atoms with Crippen LogP contribution in [0, 0.1) is 18.8 Å². The first-order chi connectivity index (χ1) is 14.4. The predicted octanol–water partition coefficient (Wildman–Crippen LogP) is 3.11. The van der Waals surface area contributed by atoms with Crippen LogP contribution in [0.15, 0.2) is 30.6 Å². The molecular weight excluding hydrogens is 382 g/mol. The van der Waals surface area contributed by atoms with E-state index in [1.807, 2.05) is 13.8 Å². The van der Waals surface area contributed by atoms with Crippen LogP contribution >= 0.6 is 0 Å². The van der Waals surface area contributed by atoms with Crippen LogP contribution in [0.5, 0.6) is 5.75 Å². The molecular formula is C23H27N3O4. The predicted molar refractivity (Wildman–Crippen MR) is 113 cm³/mol. The number of methoxy groups -OCH3 is 1. The molecule has 0 spiro atoms. The van der Waals surface area contributed by atoms with Crippen LogP contribution in [0.3, 0.4) is 0 Å². The molecule has 1 aliphatic carbocycles. The monoisotopic (exact) mass is 409 g/mol. The van der Waals surface area contributed by atoms with Crippen LogP contribution in [0.2, 0.25) is 0 Å². The van der Waals surface area contributed by atoms with Crippen molar-refractivity contribution in [3.63, 3.8) is 0 Å². The number of nitrogens with one attached hydrogen (secondary N) is 1. The second-order valence-electron chi connectivity index (χ2n) is 7.62. The molecule has 7 heteroatoms. The highest BCUT2D eigenvalue weighted by atomic mass is 16.5. The average Bonchev–Trinajstić information content (AvgIpc) is 3.15. The minimum absolute atomic E-state index is 0.198. The number of aromatic nitrogens is 2. The van der Waals surface area contributed by atoms with E-state index in [0.29, 0.717) is 42.1 Å². The summed E-state index contributed by atoms with van der Waals surface area (Å²) in [4.78, 5) is 21.1. The highest BCUT2D eigenvalue weighted by Crippen LogP contribution is 2.29. The van der Waals surface area contributed by atoms with E-state index >= 15 is 0 Å². The van der Waals surface area contributed by atoms with Crippen LogP contribution in [-0.4, -0.2) is 46.4 Å². The number of amides is 1. The Balaban J connectivity index is 1.87. The maximum absolute atomic E-state index is 12.8. The highest BCUT2D eigenvalue weighted by Gasteiger charge is 2.28. The molecule has 1 amide bonds. The number of aryl methyl sites for hydroxylation is 1. The molecule has 30 heavy (non-hydrogen) atoms. The van der Waals surface area contributed by atoms with Gasteiger partial charge in [-0.15, -0.1) is 0 Å². The number of ether oxygens (including phenoxy) is 2. The Labute approximate surface area is 176 Å². The van der Waals surface area contributed by atoms with Crippen molar-refractivity contribution in [2.24, 2.45) is 0 Å². The lowest BCUT2D eigenvalue weighted by Gasteiger charge is -2.15. The minimum Gasteiger partial charge on any atom is -0.488 e. The summed E-state index contributed by atoms with van der Waals surface area (Å²) >= 11 is 0. The van der Waals surface area contributed by atoms with Crippen LogP contribution in [0.1, 0.15) is 54.2 Å². The maximum atomic E-state index is 12.8. The molecule has 1 aromatic carbocycles. The number of carbonyl (C=O) groups is 1. The van der Waals surface area contributed by atoms with Crippen molar-refractivity contribution >= 4 is 11.7 Å². The molecule has 158 valence electrons. The van der Waals surface area contributed by atoms with Gasteiger partial charge in [-0.25, -0.2) is 4.98 Å². The van der Waals surface area contributed by atoms with Gasteiger partial charge in [0.1, 0.15) is 17.5 Å². The van der Waals surface area contributed by atoms with Crippen LogP contribution < -0.4 is 10.1 Å². The smallest absolute Gasteiger partial charge is 0.257 e. The number of nitrogens with zero attached hydrogens (tertiary/aromatic N) is 2. The highest BCUT2D eigenvalue weighted by molar-refractivity contribution is 6.04. The second kappa shape index (κ2) is 9.70. The fraction of sp³-hybridized carbons (Fsp3) is 0.435. The van der Waals surface area contributed by atoms with E-state index in [4.69, 9.17) is 9.47 Å². The van der Waals surface area contributed by atoms with Gasteiger partial charge >= 0.3 is 0 Å². The van der Waals surface area contributed by atoms with Crippen molar-refractivity contribution in [2.45, 2.75) is 51.2 Å². The topological polar surface area (TPSA) is 93.6 Å². The third-order valence-electron chi connectivity index (χ3n) is 4.80. The summed E-state index contributed by atoms with van der Waals surface area (Å²) < 4.78 is 11.0. The number of benzene rings is 1. The van der Waals surface area contributed by atoms with Crippen LogP contribution in [0.25, 0.3) is 0 Å². The van der Waals surface area contributed by atoms with E-state index in [9.17, 15) is 9.90 Å². The molecule has 1 aliphatic rings. The lowest BCUT2D eigenvalue weighted by molar-refractivity contribution is 0.0917. The molecule has 1 atom stereocenters. The van der Waals surface area contributed by atoms with Gasteiger partial charge in [0.25, 0.3) is 5.91 Å².